The molecule has 4 atom stereocenters. The summed E-state index contributed by atoms with van der Waals surface area (Å²) in [5, 5.41) is 20.1. The van der Waals surface area contributed by atoms with Gasteiger partial charge in [0.2, 0.25) is 0 Å². The molecule has 3 aliphatic rings. The molecule has 23 heavy (non-hydrogen) atoms. The third kappa shape index (κ3) is 1.96. The van der Waals surface area contributed by atoms with E-state index in [9.17, 15) is 9.90 Å². The summed E-state index contributed by atoms with van der Waals surface area (Å²) >= 11 is 0. The Kier molecular flexibility index (Phi) is 3.11. The van der Waals surface area contributed by atoms with Crippen molar-refractivity contribution in [2.75, 3.05) is 0 Å². The van der Waals surface area contributed by atoms with Crippen LogP contribution < -0.4 is 0 Å². The van der Waals surface area contributed by atoms with Crippen molar-refractivity contribution < 1.29 is 9.90 Å². The van der Waals surface area contributed by atoms with Crippen LogP contribution in [0.15, 0.2) is 35.9 Å². The van der Waals surface area contributed by atoms with Gasteiger partial charge in [0, 0.05) is 12.1 Å². The van der Waals surface area contributed by atoms with Gasteiger partial charge in [-0.2, -0.15) is 5.26 Å². The fourth-order valence-corrected chi connectivity index (χ4v) is 4.70. The molecule has 0 radical (unpaired) electrons. The molecule has 0 spiro atoms. The van der Waals surface area contributed by atoms with Gasteiger partial charge in [0.1, 0.15) is 5.60 Å². The highest BCUT2D eigenvalue weighted by Gasteiger charge is 2.62. The Hall–Kier alpha value is -2.12. The zero-order valence-electron chi connectivity index (χ0n) is 13.2. The smallest absolute Gasteiger partial charge is 0.253 e. The molecular weight excluding hydrogens is 288 g/mol. The first kappa shape index (κ1) is 14.5. The number of carbonyl (C=O) groups is 1. The molecule has 2 unspecified atom stereocenters. The van der Waals surface area contributed by atoms with E-state index >= 15 is 0 Å². The zero-order valence-corrected chi connectivity index (χ0v) is 13.2. The van der Waals surface area contributed by atoms with E-state index < -0.39 is 5.60 Å². The van der Waals surface area contributed by atoms with Gasteiger partial charge in [-0.3, -0.25) is 4.79 Å². The van der Waals surface area contributed by atoms with Gasteiger partial charge in [-0.15, -0.1) is 0 Å². The van der Waals surface area contributed by atoms with E-state index in [0.717, 1.165) is 24.8 Å². The first-order valence-electron chi connectivity index (χ1n) is 8.28. The Morgan fingerprint density at radius 1 is 1.35 bits per heavy atom. The van der Waals surface area contributed by atoms with Crippen molar-refractivity contribution in [1.29, 1.82) is 5.26 Å². The Labute approximate surface area is 136 Å². The minimum absolute atomic E-state index is 0.0156. The standard InChI is InChI=1S/C19H20N2O2/c1-12-8-15-6-7-17-19(15,23)16(9-12)18(22)21(17)11-14-4-2-13(10-20)3-5-14/h2-5,9,12,15,17,23H,6-8,11H2,1H3/t12?,15?,17-,19+/m1/s1. The lowest BCUT2D eigenvalue weighted by molar-refractivity contribution is -0.127. The molecule has 1 aliphatic heterocycles. The zero-order chi connectivity index (χ0) is 16.2. The third-order valence-corrected chi connectivity index (χ3v) is 5.76. The summed E-state index contributed by atoms with van der Waals surface area (Å²) in [5.41, 5.74) is 1.29. The average Bonchev–Trinajstić information content (AvgIpc) is 2.98. The molecule has 1 aromatic carbocycles. The van der Waals surface area contributed by atoms with Crippen molar-refractivity contribution in [3.05, 3.63) is 47.0 Å². The predicted molar refractivity (Wildman–Crippen MR) is 85.0 cm³/mol. The molecule has 4 nitrogen and oxygen atoms in total. The lowest BCUT2D eigenvalue weighted by Gasteiger charge is -2.36. The summed E-state index contributed by atoms with van der Waals surface area (Å²) in [6, 6.07) is 9.33. The Balaban J connectivity index is 1.67. The number of nitriles is 1. The number of amides is 1. The summed E-state index contributed by atoms with van der Waals surface area (Å²) in [6.07, 6.45) is 4.80. The van der Waals surface area contributed by atoms with Crippen LogP contribution in [0.1, 0.15) is 37.3 Å². The fraction of sp³-hybridized carbons (Fsp3) is 0.474. The second-order valence-corrected chi connectivity index (χ2v) is 7.15. The number of hydrogen-bond donors (Lipinski definition) is 1. The molecule has 2 fully saturated rings. The molecule has 1 heterocycles. The number of benzene rings is 1. The van der Waals surface area contributed by atoms with E-state index in [0.29, 0.717) is 23.6 Å². The molecular formula is C19H20N2O2. The number of allylic oxidation sites excluding steroid dienone is 1. The lowest BCUT2D eigenvalue weighted by atomic mass is 9.73. The highest BCUT2D eigenvalue weighted by Crippen LogP contribution is 2.54. The van der Waals surface area contributed by atoms with E-state index in [1.54, 1.807) is 12.1 Å². The topological polar surface area (TPSA) is 64.3 Å². The minimum atomic E-state index is -0.948. The molecule has 2 aliphatic carbocycles. The van der Waals surface area contributed by atoms with Crippen LogP contribution in [0.3, 0.4) is 0 Å². The summed E-state index contributed by atoms with van der Waals surface area (Å²) in [4.78, 5) is 14.7. The SMILES string of the molecule is CC1C=C2C(=O)N(Cc3ccc(C#N)cc3)[C@@H]3CCC(C1)[C@]23O. The average molecular weight is 308 g/mol. The van der Waals surface area contributed by atoms with Crippen molar-refractivity contribution in [1.82, 2.24) is 4.90 Å². The van der Waals surface area contributed by atoms with Crippen LogP contribution in [-0.4, -0.2) is 27.6 Å². The molecule has 1 saturated heterocycles. The van der Waals surface area contributed by atoms with Gasteiger partial charge in [-0.05, 0) is 48.8 Å². The van der Waals surface area contributed by atoms with Crippen LogP contribution in [-0.2, 0) is 11.3 Å². The van der Waals surface area contributed by atoms with E-state index in [1.807, 2.05) is 23.1 Å². The molecule has 4 heteroatoms. The number of nitrogens with zero attached hydrogens (tertiary/aromatic N) is 2. The third-order valence-electron chi connectivity index (χ3n) is 5.76. The fourth-order valence-electron chi connectivity index (χ4n) is 4.70. The Bertz CT molecular complexity index is 731. The molecule has 118 valence electrons. The summed E-state index contributed by atoms with van der Waals surface area (Å²) < 4.78 is 0. The maximum absolute atomic E-state index is 12.9. The highest BCUT2D eigenvalue weighted by molar-refractivity contribution is 5.99. The quantitative estimate of drug-likeness (QED) is 0.912. The molecule has 1 aromatic rings. The Morgan fingerprint density at radius 2 is 2.09 bits per heavy atom. The highest BCUT2D eigenvalue weighted by atomic mass is 16.3. The van der Waals surface area contributed by atoms with E-state index in [1.165, 1.54) is 0 Å². The van der Waals surface area contributed by atoms with Crippen LogP contribution in [0.2, 0.25) is 0 Å². The maximum atomic E-state index is 12.9. The van der Waals surface area contributed by atoms with Crippen molar-refractivity contribution in [2.45, 2.75) is 44.4 Å². The van der Waals surface area contributed by atoms with Gasteiger partial charge in [-0.1, -0.05) is 25.1 Å². The minimum Gasteiger partial charge on any atom is -0.383 e. The van der Waals surface area contributed by atoms with Gasteiger partial charge in [-0.25, -0.2) is 0 Å². The summed E-state index contributed by atoms with van der Waals surface area (Å²) in [5.74, 6) is 0.545. The molecule has 1 N–H and O–H groups in total. The second kappa shape index (κ2) is 4.94. The molecule has 0 bridgehead atoms. The number of aliphatic hydroxyl groups is 1. The normalized spacial score (nSPS) is 35.0. The summed E-state index contributed by atoms with van der Waals surface area (Å²) in [6.45, 7) is 2.62. The van der Waals surface area contributed by atoms with Crippen molar-refractivity contribution in [3.63, 3.8) is 0 Å². The summed E-state index contributed by atoms with van der Waals surface area (Å²) in [7, 11) is 0. The first-order chi connectivity index (χ1) is 11.0. The maximum Gasteiger partial charge on any atom is 0.253 e. The number of hydrogen-bond acceptors (Lipinski definition) is 3. The van der Waals surface area contributed by atoms with E-state index in [-0.39, 0.29) is 17.9 Å². The van der Waals surface area contributed by atoms with Crippen LogP contribution in [0.25, 0.3) is 0 Å². The van der Waals surface area contributed by atoms with Crippen LogP contribution >= 0.6 is 0 Å². The van der Waals surface area contributed by atoms with Crippen molar-refractivity contribution in [2.24, 2.45) is 11.8 Å². The first-order valence-corrected chi connectivity index (χ1v) is 8.28. The monoisotopic (exact) mass is 308 g/mol. The van der Waals surface area contributed by atoms with Gasteiger partial charge in [0.15, 0.2) is 0 Å². The van der Waals surface area contributed by atoms with Crippen molar-refractivity contribution >= 4 is 5.91 Å². The van der Waals surface area contributed by atoms with Gasteiger partial charge in [0.05, 0.1) is 17.7 Å². The predicted octanol–water partition coefficient (Wildman–Crippen LogP) is 2.38. The Morgan fingerprint density at radius 3 is 2.78 bits per heavy atom. The second-order valence-electron chi connectivity index (χ2n) is 7.15. The number of rotatable bonds is 2. The van der Waals surface area contributed by atoms with Gasteiger partial charge >= 0.3 is 0 Å². The van der Waals surface area contributed by atoms with E-state index in [2.05, 4.69) is 13.0 Å². The van der Waals surface area contributed by atoms with Gasteiger partial charge < -0.3 is 10.0 Å². The van der Waals surface area contributed by atoms with Gasteiger partial charge in [0.25, 0.3) is 5.91 Å². The van der Waals surface area contributed by atoms with Crippen LogP contribution in [0, 0.1) is 23.2 Å². The van der Waals surface area contributed by atoms with Crippen LogP contribution in [0.4, 0.5) is 0 Å². The molecule has 1 amide bonds. The largest absolute Gasteiger partial charge is 0.383 e. The van der Waals surface area contributed by atoms with E-state index in [4.69, 9.17) is 5.26 Å². The van der Waals surface area contributed by atoms with Crippen LogP contribution in [0.5, 0.6) is 0 Å². The van der Waals surface area contributed by atoms with Crippen molar-refractivity contribution in [3.8, 4) is 6.07 Å². The molecule has 4 rings (SSSR count). The lowest BCUT2D eigenvalue weighted by Crippen LogP contribution is -2.46. The number of carbonyl (C=O) groups excluding carboxylic acids is 1. The molecule has 1 saturated carbocycles. The molecule has 0 aromatic heterocycles. The number of likely N-dealkylation sites (tertiary alicyclic amines) is 1.